The number of amides is 1. The van der Waals surface area contributed by atoms with Crippen molar-refractivity contribution in [2.45, 2.75) is 51.8 Å². The summed E-state index contributed by atoms with van der Waals surface area (Å²) in [5, 5.41) is 18.8. The number of aryl methyl sites for hydroxylation is 1. The molecule has 0 saturated heterocycles. The van der Waals surface area contributed by atoms with Crippen molar-refractivity contribution in [1.29, 1.82) is 0 Å². The van der Waals surface area contributed by atoms with E-state index in [1.54, 1.807) is 19.2 Å². The number of anilines is 1. The molecule has 2 aromatic rings. The molecule has 1 aliphatic rings. The summed E-state index contributed by atoms with van der Waals surface area (Å²) in [4.78, 5) is 12.4. The zero-order valence-electron chi connectivity index (χ0n) is 17.6. The van der Waals surface area contributed by atoms with Gasteiger partial charge >= 0.3 is 6.36 Å². The predicted molar refractivity (Wildman–Crippen MR) is 111 cm³/mol. The number of alkyl halides is 4. The van der Waals surface area contributed by atoms with Crippen LogP contribution >= 0.6 is 11.3 Å². The van der Waals surface area contributed by atoms with Crippen LogP contribution in [0, 0.1) is 11.8 Å². The molecular formula is C19H23F4N7O2S. The Labute approximate surface area is 190 Å². The highest BCUT2D eigenvalue weighted by Crippen LogP contribution is 2.30. The SMILES string of the molecule is CC1C=CC(OC(F)(F)F)=CC1CC(=O)Nc1nnc(CCC(F)Cn2cc(CN)nn2)s1. The van der Waals surface area contributed by atoms with E-state index in [9.17, 15) is 22.4 Å². The third-order valence-corrected chi connectivity index (χ3v) is 5.74. The first-order valence-corrected chi connectivity index (χ1v) is 10.9. The van der Waals surface area contributed by atoms with Gasteiger partial charge in [0.2, 0.25) is 11.0 Å². The highest BCUT2D eigenvalue weighted by atomic mass is 32.1. The Balaban J connectivity index is 1.46. The first-order chi connectivity index (χ1) is 15.6. The molecule has 3 unspecified atom stereocenters. The average Bonchev–Trinajstić information content (AvgIpc) is 3.37. The van der Waals surface area contributed by atoms with Crippen LogP contribution in [0.15, 0.2) is 30.2 Å². The smallest absolute Gasteiger partial charge is 0.406 e. The summed E-state index contributed by atoms with van der Waals surface area (Å²) in [6.07, 6.45) is 0.136. The van der Waals surface area contributed by atoms with Gasteiger partial charge in [-0.05, 0) is 30.4 Å². The maximum atomic E-state index is 14.2. The molecule has 33 heavy (non-hydrogen) atoms. The third-order valence-electron chi connectivity index (χ3n) is 4.84. The molecule has 9 nitrogen and oxygen atoms in total. The topological polar surface area (TPSA) is 121 Å². The standard InChI is InChI=1S/C19H23F4N7O2S/c1-11-2-4-15(32-19(21,22)23)6-12(11)7-16(31)25-18-28-27-17(33-18)5-3-13(20)9-30-10-14(8-24)26-29-30/h2,4,6,10-13H,3,5,7-9,24H2,1H3,(H,25,28,31). The third kappa shape index (κ3) is 7.89. The molecule has 0 aliphatic heterocycles. The lowest BCUT2D eigenvalue weighted by atomic mass is 9.86. The van der Waals surface area contributed by atoms with Crippen molar-refractivity contribution in [2.75, 3.05) is 5.32 Å². The van der Waals surface area contributed by atoms with Crippen molar-refractivity contribution in [3.63, 3.8) is 0 Å². The monoisotopic (exact) mass is 489 g/mol. The average molecular weight is 489 g/mol. The van der Waals surface area contributed by atoms with Gasteiger partial charge in [-0.15, -0.1) is 28.5 Å². The van der Waals surface area contributed by atoms with Gasteiger partial charge in [0.1, 0.15) is 16.9 Å². The van der Waals surface area contributed by atoms with Crippen molar-refractivity contribution in [3.05, 3.63) is 40.9 Å². The summed E-state index contributed by atoms with van der Waals surface area (Å²) in [6.45, 7) is 2.06. The van der Waals surface area contributed by atoms with E-state index in [2.05, 4.69) is 30.6 Å². The Morgan fingerprint density at radius 1 is 1.36 bits per heavy atom. The number of halogens is 4. The van der Waals surface area contributed by atoms with Crippen LogP contribution in [0.25, 0.3) is 0 Å². The van der Waals surface area contributed by atoms with Gasteiger partial charge in [0, 0.05) is 25.6 Å². The number of hydrogen-bond donors (Lipinski definition) is 2. The van der Waals surface area contributed by atoms with Gasteiger partial charge in [0.25, 0.3) is 0 Å². The summed E-state index contributed by atoms with van der Waals surface area (Å²) >= 11 is 1.11. The molecule has 3 atom stereocenters. The van der Waals surface area contributed by atoms with E-state index in [0.717, 1.165) is 11.3 Å². The van der Waals surface area contributed by atoms with E-state index in [-0.39, 0.29) is 42.7 Å². The van der Waals surface area contributed by atoms with E-state index >= 15 is 0 Å². The molecule has 0 aromatic carbocycles. The molecule has 0 spiro atoms. The minimum Gasteiger partial charge on any atom is -0.406 e. The predicted octanol–water partition coefficient (Wildman–Crippen LogP) is 3.13. The summed E-state index contributed by atoms with van der Waals surface area (Å²) in [6, 6.07) is 0. The van der Waals surface area contributed by atoms with Crippen molar-refractivity contribution in [1.82, 2.24) is 25.2 Å². The summed E-state index contributed by atoms with van der Waals surface area (Å²) in [5.41, 5.74) is 6.02. The number of nitrogens with zero attached hydrogens (tertiary/aromatic N) is 5. The van der Waals surface area contributed by atoms with E-state index < -0.39 is 24.4 Å². The van der Waals surface area contributed by atoms with Gasteiger partial charge in [0.05, 0.1) is 12.2 Å². The fourth-order valence-corrected chi connectivity index (χ4v) is 3.91. The summed E-state index contributed by atoms with van der Waals surface area (Å²) < 4.78 is 56.8. The highest BCUT2D eigenvalue weighted by Gasteiger charge is 2.33. The lowest BCUT2D eigenvalue weighted by Crippen LogP contribution is -2.22. The number of ether oxygens (including phenoxy) is 1. The van der Waals surface area contributed by atoms with E-state index in [1.165, 1.54) is 16.8 Å². The van der Waals surface area contributed by atoms with E-state index in [1.807, 2.05) is 0 Å². The number of rotatable bonds is 10. The lowest BCUT2D eigenvalue weighted by Gasteiger charge is -2.22. The van der Waals surface area contributed by atoms with Crippen LogP contribution in [-0.4, -0.2) is 43.6 Å². The molecular weight excluding hydrogens is 466 g/mol. The number of nitrogens with one attached hydrogen (secondary N) is 1. The number of hydrogen-bond acceptors (Lipinski definition) is 8. The molecule has 3 rings (SSSR count). The van der Waals surface area contributed by atoms with Crippen LogP contribution in [-0.2, 0) is 29.0 Å². The Morgan fingerprint density at radius 2 is 2.15 bits per heavy atom. The van der Waals surface area contributed by atoms with Crippen LogP contribution in [0.2, 0.25) is 0 Å². The Bertz CT molecular complexity index is 1000. The molecule has 2 heterocycles. The van der Waals surface area contributed by atoms with Crippen molar-refractivity contribution in [2.24, 2.45) is 17.6 Å². The fourth-order valence-electron chi connectivity index (χ4n) is 3.14. The number of nitrogens with two attached hydrogens (primary N) is 1. The van der Waals surface area contributed by atoms with Gasteiger partial charge in [-0.25, -0.2) is 9.07 Å². The number of carbonyl (C=O) groups is 1. The maximum Gasteiger partial charge on any atom is 0.573 e. The molecule has 0 saturated carbocycles. The van der Waals surface area contributed by atoms with Crippen LogP contribution in [0.5, 0.6) is 0 Å². The van der Waals surface area contributed by atoms with Gasteiger partial charge in [-0.2, -0.15) is 0 Å². The molecule has 1 amide bonds. The molecule has 1 aliphatic carbocycles. The molecule has 0 bridgehead atoms. The fraction of sp³-hybridized carbons (Fsp3) is 0.526. The van der Waals surface area contributed by atoms with Crippen molar-refractivity contribution in [3.8, 4) is 0 Å². The normalized spacial score (nSPS) is 19.3. The first kappa shape index (κ1) is 24.8. The minimum absolute atomic E-state index is 0.0387. The molecule has 3 N–H and O–H groups in total. The summed E-state index contributed by atoms with van der Waals surface area (Å²) in [7, 11) is 0. The van der Waals surface area contributed by atoms with E-state index in [4.69, 9.17) is 5.73 Å². The van der Waals surface area contributed by atoms with Gasteiger partial charge in [-0.3, -0.25) is 4.79 Å². The van der Waals surface area contributed by atoms with Gasteiger partial charge in [0.15, 0.2) is 0 Å². The van der Waals surface area contributed by atoms with E-state index in [0.29, 0.717) is 17.1 Å². The molecule has 0 fully saturated rings. The number of carbonyl (C=O) groups excluding carboxylic acids is 1. The number of aromatic nitrogens is 5. The second-order valence-corrected chi connectivity index (χ2v) is 8.59. The molecule has 0 radical (unpaired) electrons. The Hall–Kier alpha value is -2.87. The zero-order chi connectivity index (χ0) is 24.0. The van der Waals surface area contributed by atoms with Crippen LogP contribution in [0.1, 0.15) is 30.5 Å². The van der Waals surface area contributed by atoms with Crippen LogP contribution < -0.4 is 11.1 Å². The second-order valence-electron chi connectivity index (χ2n) is 7.52. The first-order valence-electron chi connectivity index (χ1n) is 10.1. The largest absolute Gasteiger partial charge is 0.573 e. The summed E-state index contributed by atoms with van der Waals surface area (Å²) in [5.74, 6) is -1.38. The quantitative estimate of drug-likeness (QED) is 0.492. The lowest BCUT2D eigenvalue weighted by molar-refractivity contribution is -0.303. The van der Waals surface area contributed by atoms with Crippen molar-refractivity contribution >= 4 is 22.4 Å². The van der Waals surface area contributed by atoms with Crippen molar-refractivity contribution < 1.29 is 27.1 Å². The second kappa shape index (κ2) is 10.8. The Morgan fingerprint density at radius 3 is 2.85 bits per heavy atom. The van der Waals surface area contributed by atoms with Gasteiger partial charge in [-0.1, -0.05) is 29.5 Å². The maximum absolute atomic E-state index is 14.2. The molecule has 180 valence electrons. The molecule has 2 aromatic heterocycles. The zero-order valence-corrected chi connectivity index (χ0v) is 18.4. The molecule has 14 heteroatoms. The minimum atomic E-state index is -4.80. The number of allylic oxidation sites excluding steroid dienone is 3. The highest BCUT2D eigenvalue weighted by molar-refractivity contribution is 7.15. The van der Waals surface area contributed by atoms with Crippen LogP contribution in [0.4, 0.5) is 22.7 Å². The Kier molecular flexibility index (Phi) is 8.13. The van der Waals surface area contributed by atoms with Gasteiger partial charge < -0.3 is 15.8 Å². The van der Waals surface area contributed by atoms with Crippen LogP contribution in [0.3, 0.4) is 0 Å².